The number of anilines is 1. The summed E-state index contributed by atoms with van der Waals surface area (Å²) in [5, 5.41) is 9.65. The number of rotatable bonds is 3. The first kappa shape index (κ1) is 16.3. The molecular formula is C14H20ClN3O2. The van der Waals surface area contributed by atoms with Crippen LogP contribution in [0.3, 0.4) is 0 Å². The molecule has 5 nitrogen and oxygen atoms in total. The zero-order valence-electron chi connectivity index (χ0n) is 11.5. The van der Waals surface area contributed by atoms with E-state index in [9.17, 15) is 9.90 Å². The molecule has 0 radical (unpaired) electrons. The number of carbonyl (C=O) groups excluding carboxylic acids is 1. The summed E-state index contributed by atoms with van der Waals surface area (Å²) in [6.45, 7) is 3.79. The van der Waals surface area contributed by atoms with Crippen LogP contribution in [0.1, 0.15) is 10.4 Å². The van der Waals surface area contributed by atoms with E-state index in [4.69, 9.17) is 5.73 Å². The van der Waals surface area contributed by atoms with E-state index in [-0.39, 0.29) is 29.5 Å². The second-order valence-corrected chi connectivity index (χ2v) is 4.80. The molecule has 3 N–H and O–H groups in total. The molecule has 1 fully saturated rings. The minimum absolute atomic E-state index is 0. The van der Waals surface area contributed by atoms with Gasteiger partial charge in [-0.15, -0.1) is 12.4 Å². The van der Waals surface area contributed by atoms with Gasteiger partial charge in [-0.25, -0.2) is 0 Å². The van der Waals surface area contributed by atoms with Gasteiger partial charge in [-0.2, -0.15) is 0 Å². The number of nitrogens with zero attached hydrogens (tertiary/aromatic N) is 2. The number of hydrogen-bond acceptors (Lipinski definition) is 5. The first-order valence-electron chi connectivity index (χ1n) is 6.30. The summed E-state index contributed by atoms with van der Waals surface area (Å²) in [4.78, 5) is 16.3. The van der Waals surface area contributed by atoms with Gasteiger partial charge in [0.2, 0.25) is 0 Å². The second-order valence-electron chi connectivity index (χ2n) is 4.80. The van der Waals surface area contributed by atoms with Crippen molar-refractivity contribution in [3.8, 4) is 5.75 Å². The number of carbonyl (C=O) groups is 1. The number of allylic oxidation sites excluding steroid dienone is 1. The number of benzene rings is 1. The van der Waals surface area contributed by atoms with Gasteiger partial charge in [0, 0.05) is 44.1 Å². The first-order chi connectivity index (χ1) is 9.06. The minimum atomic E-state index is -0.233. The van der Waals surface area contributed by atoms with Crippen LogP contribution in [0.25, 0.3) is 0 Å². The van der Waals surface area contributed by atoms with Crippen molar-refractivity contribution in [1.82, 2.24) is 9.80 Å². The lowest BCUT2D eigenvalue weighted by molar-refractivity contribution is 0.104. The van der Waals surface area contributed by atoms with Gasteiger partial charge in [0.25, 0.3) is 0 Å². The molecule has 0 bridgehead atoms. The summed E-state index contributed by atoms with van der Waals surface area (Å²) in [7, 11) is 2.08. The number of nitrogens with two attached hydrogens (primary N) is 1. The van der Waals surface area contributed by atoms with Crippen molar-refractivity contribution in [1.29, 1.82) is 0 Å². The Balaban J connectivity index is 0.00000200. The van der Waals surface area contributed by atoms with E-state index >= 15 is 0 Å². The molecule has 0 aromatic heterocycles. The molecule has 0 spiro atoms. The van der Waals surface area contributed by atoms with Gasteiger partial charge in [0.1, 0.15) is 5.75 Å². The van der Waals surface area contributed by atoms with E-state index in [1.54, 1.807) is 12.3 Å². The number of piperazine rings is 1. The van der Waals surface area contributed by atoms with Crippen molar-refractivity contribution < 1.29 is 9.90 Å². The molecular weight excluding hydrogens is 278 g/mol. The smallest absolute Gasteiger partial charge is 0.191 e. The highest BCUT2D eigenvalue weighted by Crippen LogP contribution is 2.20. The van der Waals surface area contributed by atoms with Gasteiger partial charge in [-0.05, 0) is 25.2 Å². The minimum Gasteiger partial charge on any atom is -0.507 e. The third-order valence-electron chi connectivity index (χ3n) is 3.26. The van der Waals surface area contributed by atoms with Crippen molar-refractivity contribution in [2.45, 2.75) is 0 Å². The summed E-state index contributed by atoms with van der Waals surface area (Å²) < 4.78 is 0. The second kappa shape index (κ2) is 7.17. The number of nitrogen functional groups attached to an aromatic ring is 1. The highest BCUT2D eigenvalue weighted by molar-refractivity contribution is 6.06. The predicted octanol–water partition coefficient (Wildman–Crippen LogP) is 1.34. The number of likely N-dealkylation sites (N-methyl/N-ethyl adjacent to an activating group) is 1. The van der Waals surface area contributed by atoms with E-state index in [1.807, 2.05) is 0 Å². The van der Waals surface area contributed by atoms with Gasteiger partial charge in [0.05, 0.1) is 5.56 Å². The maximum atomic E-state index is 12.0. The third-order valence-corrected chi connectivity index (χ3v) is 3.26. The average Bonchev–Trinajstić information content (AvgIpc) is 2.40. The molecule has 0 aliphatic carbocycles. The van der Waals surface area contributed by atoms with Crippen LogP contribution in [-0.4, -0.2) is 53.9 Å². The molecule has 6 heteroatoms. The van der Waals surface area contributed by atoms with Gasteiger partial charge >= 0.3 is 0 Å². The SMILES string of the molecule is CN1CCN(C=CC(=O)c2cc(N)ccc2O)CC1.Cl. The largest absolute Gasteiger partial charge is 0.507 e. The Bertz CT molecular complexity index is 497. The zero-order chi connectivity index (χ0) is 13.8. The van der Waals surface area contributed by atoms with Crippen LogP contribution in [0.15, 0.2) is 30.5 Å². The van der Waals surface area contributed by atoms with Crippen molar-refractivity contribution in [2.24, 2.45) is 0 Å². The number of phenolic OH excluding ortho intramolecular Hbond substituents is 1. The Kier molecular flexibility index (Phi) is 5.85. The molecule has 1 heterocycles. The molecule has 110 valence electrons. The lowest BCUT2D eigenvalue weighted by Gasteiger charge is -2.31. The van der Waals surface area contributed by atoms with Gasteiger partial charge < -0.3 is 20.6 Å². The molecule has 1 aromatic carbocycles. The topological polar surface area (TPSA) is 69.8 Å². The number of ketones is 1. The van der Waals surface area contributed by atoms with E-state index in [0.29, 0.717) is 5.69 Å². The molecule has 0 amide bonds. The van der Waals surface area contributed by atoms with Crippen molar-refractivity contribution in [3.63, 3.8) is 0 Å². The van der Waals surface area contributed by atoms with Gasteiger partial charge in [-0.3, -0.25) is 4.79 Å². The molecule has 1 aliphatic heterocycles. The highest BCUT2D eigenvalue weighted by Gasteiger charge is 2.12. The molecule has 0 unspecified atom stereocenters. The van der Waals surface area contributed by atoms with E-state index in [2.05, 4.69) is 16.8 Å². The van der Waals surface area contributed by atoms with Gasteiger partial charge in [-0.1, -0.05) is 0 Å². The van der Waals surface area contributed by atoms with Crippen molar-refractivity contribution in [3.05, 3.63) is 36.0 Å². The van der Waals surface area contributed by atoms with Crippen LogP contribution in [-0.2, 0) is 0 Å². The summed E-state index contributed by atoms with van der Waals surface area (Å²) in [5.41, 5.74) is 6.32. The third kappa shape index (κ3) is 4.15. The van der Waals surface area contributed by atoms with E-state index < -0.39 is 0 Å². The Morgan fingerprint density at radius 1 is 1.30 bits per heavy atom. The van der Waals surface area contributed by atoms with Crippen LogP contribution in [0.2, 0.25) is 0 Å². The number of hydrogen-bond donors (Lipinski definition) is 2. The Morgan fingerprint density at radius 3 is 2.60 bits per heavy atom. The monoisotopic (exact) mass is 297 g/mol. The molecule has 2 rings (SSSR count). The molecule has 0 saturated carbocycles. The summed E-state index contributed by atoms with van der Waals surface area (Å²) in [5.74, 6) is -0.272. The molecule has 1 aliphatic rings. The maximum absolute atomic E-state index is 12.0. The Hall–Kier alpha value is -1.72. The Labute approximate surface area is 125 Å². The molecule has 1 saturated heterocycles. The van der Waals surface area contributed by atoms with Crippen LogP contribution < -0.4 is 5.73 Å². The van der Waals surface area contributed by atoms with E-state index in [1.165, 1.54) is 18.2 Å². The lowest BCUT2D eigenvalue weighted by Crippen LogP contribution is -2.41. The summed E-state index contributed by atoms with van der Waals surface area (Å²) in [6.07, 6.45) is 3.28. The number of phenols is 1. The summed E-state index contributed by atoms with van der Waals surface area (Å²) in [6, 6.07) is 4.49. The fraction of sp³-hybridized carbons (Fsp3) is 0.357. The summed E-state index contributed by atoms with van der Waals surface area (Å²) >= 11 is 0. The van der Waals surface area contributed by atoms with Crippen molar-refractivity contribution in [2.75, 3.05) is 39.0 Å². The standard InChI is InChI=1S/C14H19N3O2.ClH/c1-16-6-8-17(9-7-16)5-4-14(19)12-10-11(15)2-3-13(12)18;/h2-5,10,18H,6-9,15H2,1H3;1H. The molecule has 1 aromatic rings. The lowest BCUT2D eigenvalue weighted by atomic mass is 10.1. The fourth-order valence-electron chi connectivity index (χ4n) is 1.98. The van der Waals surface area contributed by atoms with E-state index in [0.717, 1.165) is 26.2 Å². The Morgan fingerprint density at radius 2 is 1.95 bits per heavy atom. The fourth-order valence-corrected chi connectivity index (χ4v) is 1.98. The molecule has 20 heavy (non-hydrogen) atoms. The highest BCUT2D eigenvalue weighted by atomic mass is 35.5. The zero-order valence-corrected chi connectivity index (χ0v) is 12.3. The first-order valence-corrected chi connectivity index (χ1v) is 6.30. The van der Waals surface area contributed by atoms with Crippen LogP contribution in [0, 0.1) is 0 Å². The van der Waals surface area contributed by atoms with Gasteiger partial charge in [0.15, 0.2) is 5.78 Å². The normalized spacial score (nSPS) is 16.1. The van der Waals surface area contributed by atoms with Crippen LogP contribution >= 0.6 is 12.4 Å². The predicted molar refractivity (Wildman–Crippen MR) is 82.3 cm³/mol. The quantitative estimate of drug-likeness (QED) is 0.381. The van der Waals surface area contributed by atoms with Crippen LogP contribution in [0.4, 0.5) is 5.69 Å². The number of halogens is 1. The molecule has 0 atom stereocenters. The average molecular weight is 298 g/mol. The van der Waals surface area contributed by atoms with Crippen LogP contribution in [0.5, 0.6) is 5.75 Å². The number of aromatic hydroxyl groups is 1. The maximum Gasteiger partial charge on any atom is 0.191 e. The van der Waals surface area contributed by atoms with Crippen molar-refractivity contribution >= 4 is 23.9 Å².